The molecule has 1 heteroatoms. The zero-order chi connectivity index (χ0) is 42.5. The highest BCUT2D eigenvalue weighted by Crippen LogP contribution is 2.55. The van der Waals surface area contributed by atoms with Crippen molar-refractivity contribution in [1.29, 1.82) is 0 Å². The summed E-state index contributed by atoms with van der Waals surface area (Å²) in [5.41, 5.74) is 21.5. The average Bonchev–Trinajstić information content (AvgIpc) is 3.70. The topological polar surface area (TPSA) is 3.24 Å². The summed E-state index contributed by atoms with van der Waals surface area (Å²) in [4.78, 5) is 2.41. The second kappa shape index (κ2) is 14.0. The maximum atomic E-state index is 2.43. The molecule has 2 aliphatic rings. The minimum absolute atomic E-state index is 0.0689. The van der Waals surface area contributed by atoms with E-state index in [0.29, 0.717) is 0 Å². The van der Waals surface area contributed by atoms with Crippen molar-refractivity contribution in [3.8, 4) is 55.6 Å². The molecule has 0 N–H and O–H groups in total. The zero-order valence-electron chi connectivity index (χ0n) is 36.2. The van der Waals surface area contributed by atoms with Crippen LogP contribution in [0.1, 0.15) is 49.9 Å². The van der Waals surface area contributed by atoms with Crippen molar-refractivity contribution in [1.82, 2.24) is 0 Å². The summed E-state index contributed by atoms with van der Waals surface area (Å²) in [7, 11) is 0. The van der Waals surface area contributed by atoms with E-state index < -0.39 is 0 Å². The lowest BCUT2D eigenvalue weighted by Gasteiger charge is -2.28. The number of rotatable bonds is 6. The molecule has 1 nitrogen and oxygen atoms in total. The van der Waals surface area contributed by atoms with Crippen LogP contribution in [0, 0.1) is 0 Å². The highest BCUT2D eigenvalue weighted by molar-refractivity contribution is 6.08. The van der Waals surface area contributed by atoms with Gasteiger partial charge in [-0.25, -0.2) is 0 Å². The predicted octanol–water partition coefficient (Wildman–Crippen LogP) is 17.1. The Labute approximate surface area is 370 Å². The molecule has 10 aromatic rings. The molecule has 0 bridgehead atoms. The van der Waals surface area contributed by atoms with Crippen molar-refractivity contribution in [2.75, 3.05) is 4.90 Å². The first kappa shape index (κ1) is 37.3. The monoisotopic (exact) mass is 805 g/mol. The van der Waals surface area contributed by atoms with Crippen LogP contribution in [0.5, 0.6) is 0 Å². The fraction of sp³-hybridized carbons (Fsp3) is 0.0968. The molecule has 2 aliphatic carbocycles. The summed E-state index contributed by atoms with van der Waals surface area (Å²) in [5, 5.41) is 5.10. The molecule has 0 heterocycles. The van der Waals surface area contributed by atoms with Gasteiger partial charge in [0.15, 0.2) is 0 Å². The molecule has 12 rings (SSSR count). The number of hydrogen-bond acceptors (Lipinski definition) is 1. The van der Waals surface area contributed by atoms with Crippen LogP contribution in [-0.2, 0) is 10.8 Å². The molecule has 0 aliphatic heterocycles. The van der Waals surface area contributed by atoms with Gasteiger partial charge >= 0.3 is 0 Å². The zero-order valence-corrected chi connectivity index (χ0v) is 36.2. The standard InChI is InChI=1S/C62H47N/c1-61(2)55-19-11-9-17-52(55)53-36-35-50(39-57(53)61)63(49-33-29-43(30-34-49)46-26-23-40-13-5-6-14-45(40)37-46)48-31-27-42(28-32-48)41-21-24-44(25-22-41)59-51-16-8-7-15-47(51)38-58-60(59)54-18-10-12-20-56(54)62(58,3)4/h5-39H,1-4H3. The van der Waals surface area contributed by atoms with Gasteiger partial charge in [-0.2, -0.15) is 0 Å². The lowest BCUT2D eigenvalue weighted by atomic mass is 9.80. The Morgan fingerprint density at radius 1 is 0.286 bits per heavy atom. The third-order valence-electron chi connectivity index (χ3n) is 14.3. The van der Waals surface area contributed by atoms with Gasteiger partial charge in [-0.05, 0) is 148 Å². The van der Waals surface area contributed by atoms with Crippen molar-refractivity contribution >= 4 is 38.6 Å². The number of fused-ring (bicyclic) bond motifs is 8. The third-order valence-corrected chi connectivity index (χ3v) is 14.3. The summed E-state index contributed by atoms with van der Waals surface area (Å²) in [6.45, 7) is 9.46. The van der Waals surface area contributed by atoms with Gasteiger partial charge in [0.25, 0.3) is 0 Å². The molecular weight excluding hydrogens is 759 g/mol. The second-order valence-electron chi connectivity index (χ2n) is 18.5. The van der Waals surface area contributed by atoms with Crippen LogP contribution in [0.15, 0.2) is 212 Å². The quantitative estimate of drug-likeness (QED) is 0.162. The maximum Gasteiger partial charge on any atom is 0.0465 e. The minimum Gasteiger partial charge on any atom is -0.310 e. The van der Waals surface area contributed by atoms with Gasteiger partial charge in [-0.1, -0.05) is 191 Å². The van der Waals surface area contributed by atoms with E-state index in [9.17, 15) is 0 Å². The number of nitrogens with zero attached hydrogens (tertiary/aromatic N) is 1. The van der Waals surface area contributed by atoms with Gasteiger partial charge in [0.1, 0.15) is 0 Å². The SMILES string of the molecule is CC1(C)c2ccccc2-c2ccc(N(c3ccc(-c4ccc(-c5c6c(cc7ccccc57)C(C)(C)c5ccccc5-6)cc4)cc3)c3ccc(-c4ccc5ccccc5c4)cc3)cc21. The van der Waals surface area contributed by atoms with Gasteiger partial charge in [0.05, 0.1) is 0 Å². The largest absolute Gasteiger partial charge is 0.310 e. The highest BCUT2D eigenvalue weighted by atomic mass is 15.1. The Morgan fingerprint density at radius 2 is 0.762 bits per heavy atom. The molecule has 63 heavy (non-hydrogen) atoms. The molecule has 0 saturated carbocycles. The molecule has 0 amide bonds. The number of benzene rings is 10. The first-order valence-corrected chi connectivity index (χ1v) is 22.2. The van der Waals surface area contributed by atoms with Crippen LogP contribution >= 0.6 is 0 Å². The van der Waals surface area contributed by atoms with Crippen molar-refractivity contribution in [2.24, 2.45) is 0 Å². The first-order valence-electron chi connectivity index (χ1n) is 22.2. The van der Waals surface area contributed by atoms with Crippen LogP contribution in [0.4, 0.5) is 17.1 Å². The van der Waals surface area contributed by atoms with Gasteiger partial charge in [0, 0.05) is 27.9 Å². The molecule has 0 fully saturated rings. The Kier molecular flexibility index (Phi) is 8.30. The van der Waals surface area contributed by atoms with Crippen molar-refractivity contribution in [3.63, 3.8) is 0 Å². The minimum atomic E-state index is -0.102. The summed E-state index contributed by atoms with van der Waals surface area (Å²) in [6.07, 6.45) is 0. The molecule has 0 spiro atoms. The first-order chi connectivity index (χ1) is 30.7. The average molecular weight is 806 g/mol. The summed E-state index contributed by atoms with van der Waals surface area (Å²) in [5.74, 6) is 0. The number of anilines is 3. The molecule has 0 unspecified atom stereocenters. The van der Waals surface area contributed by atoms with E-state index in [0.717, 1.165) is 17.1 Å². The van der Waals surface area contributed by atoms with Gasteiger partial charge in [-0.3, -0.25) is 0 Å². The van der Waals surface area contributed by atoms with Gasteiger partial charge in [0.2, 0.25) is 0 Å². The van der Waals surface area contributed by atoms with E-state index in [2.05, 4.69) is 245 Å². The van der Waals surface area contributed by atoms with E-state index in [-0.39, 0.29) is 10.8 Å². The Bertz CT molecular complexity index is 3420. The van der Waals surface area contributed by atoms with Gasteiger partial charge < -0.3 is 4.90 Å². The lowest BCUT2D eigenvalue weighted by Crippen LogP contribution is -2.16. The van der Waals surface area contributed by atoms with E-state index in [1.807, 2.05) is 0 Å². The smallest absolute Gasteiger partial charge is 0.0465 e. The van der Waals surface area contributed by atoms with Crippen LogP contribution in [-0.4, -0.2) is 0 Å². The fourth-order valence-corrected chi connectivity index (χ4v) is 10.9. The van der Waals surface area contributed by atoms with Crippen LogP contribution < -0.4 is 4.90 Å². The fourth-order valence-electron chi connectivity index (χ4n) is 10.9. The summed E-state index contributed by atoms with van der Waals surface area (Å²) in [6, 6.07) is 79.0. The van der Waals surface area contributed by atoms with Crippen molar-refractivity contribution < 1.29 is 0 Å². The van der Waals surface area contributed by atoms with E-state index in [1.165, 1.54) is 99.4 Å². The molecule has 0 aromatic heterocycles. The van der Waals surface area contributed by atoms with Crippen molar-refractivity contribution in [3.05, 3.63) is 235 Å². The normalized spacial score (nSPS) is 14.0. The second-order valence-corrected chi connectivity index (χ2v) is 18.5. The van der Waals surface area contributed by atoms with E-state index >= 15 is 0 Å². The summed E-state index contributed by atoms with van der Waals surface area (Å²) < 4.78 is 0. The Hall–Kier alpha value is -7.48. The van der Waals surface area contributed by atoms with Crippen LogP contribution in [0.2, 0.25) is 0 Å². The Balaban J connectivity index is 0.925. The molecular formula is C62H47N. The lowest BCUT2D eigenvalue weighted by molar-refractivity contribution is 0.660. The Morgan fingerprint density at radius 3 is 1.46 bits per heavy atom. The van der Waals surface area contributed by atoms with E-state index in [1.54, 1.807) is 0 Å². The van der Waals surface area contributed by atoms with E-state index in [4.69, 9.17) is 0 Å². The maximum absolute atomic E-state index is 2.43. The predicted molar refractivity (Wildman–Crippen MR) is 268 cm³/mol. The molecule has 0 saturated heterocycles. The highest BCUT2D eigenvalue weighted by Gasteiger charge is 2.38. The molecule has 10 aromatic carbocycles. The molecule has 300 valence electrons. The molecule has 0 radical (unpaired) electrons. The van der Waals surface area contributed by atoms with Crippen LogP contribution in [0.25, 0.3) is 77.2 Å². The number of hydrogen-bond donors (Lipinski definition) is 0. The van der Waals surface area contributed by atoms with Crippen LogP contribution in [0.3, 0.4) is 0 Å². The van der Waals surface area contributed by atoms with Gasteiger partial charge in [-0.15, -0.1) is 0 Å². The summed E-state index contributed by atoms with van der Waals surface area (Å²) >= 11 is 0. The third kappa shape index (κ3) is 5.84. The van der Waals surface area contributed by atoms with Crippen molar-refractivity contribution in [2.45, 2.75) is 38.5 Å². The molecule has 0 atom stereocenters.